The van der Waals surface area contributed by atoms with Crippen LogP contribution in [0.5, 0.6) is 0 Å². The molecule has 4 nitrogen and oxygen atoms in total. The number of rotatable bonds is 2. The van der Waals surface area contributed by atoms with Crippen LogP contribution >= 0.6 is 0 Å². The van der Waals surface area contributed by atoms with Gasteiger partial charge in [-0.05, 0) is 31.9 Å². The molecule has 0 spiro atoms. The molecule has 1 atom stereocenters. The van der Waals surface area contributed by atoms with Crippen molar-refractivity contribution in [3.8, 4) is 0 Å². The highest BCUT2D eigenvalue weighted by Crippen LogP contribution is 2.37. The monoisotopic (exact) mass is 254 g/mol. The topological polar surface area (TPSA) is 41.0 Å². The number of hydrogen-bond acceptors (Lipinski definition) is 4. The zero-order valence-electron chi connectivity index (χ0n) is 11.5. The second-order valence-corrected chi connectivity index (χ2v) is 4.96. The first-order valence-electron chi connectivity index (χ1n) is 6.59. The molecule has 0 amide bonds. The molecule has 1 unspecified atom stereocenters. The highest BCUT2D eigenvalue weighted by atomic mass is 15.2. The maximum Gasteiger partial charge on any atom is 0.139 e. The molecule has 2 heterocycles. The number of aryl methyl sites for hydroxylation is 1. The maximum atomic E-state index is 4.59. The van der Waals surface area contributed by atoms with Crippen LogP contribution in [0.2, 0.25) is 0 Å². The lowest BCUT2D eigenvalue weighted by atomic mass is 10.1. The normalized spacial score (nSPS) is 17.4. The largest absolute Gasteiger partial charge is 0.373 e. The standard InChI is InChI=1S/C15H18N4/c1-10-8-12-6-4-5-7-13(12)19(10)15-9-14(16-3)17-11(2)18-15/h4-7,9-10H,8H2,1-3H3,(H,16,17,18). The third kappa shape index (κ3) is 2.03. The predicted molar refractivity (Wildman–Crippen MR) is 78.1 cm³/mol. The molecule has 19 heavy (non-hydrogen) atoms. The average Bonchev–Trinajstić information content (AvgIpc) is 2.73. The van der Waals surface area contributed by atoms with Gasteiger partial charge in [-0.1, -0.05) is 18.2 Å². The predicted octanol–water partition coefficient (Wildman–Crippen LogP) is 2.91. The van der Waals surface area contributed by atoms with Gasteiger partial charge >= 0.3 is 0 Å². The molecule has 0 saturated heterocycles. The molecular formula is C15H18N4. The fourth-order valence-corrected chi connectivity index (χ4v) is 2.72. The van der Waals surface area contributed by atoms with Crippen LogP contribution in [0, 0.1) is 6.92 Å². The molecule has 4 heteroatoms. The average molecular weight is 254 g/mol. The molecule has 1 aromatic heterocycles. The van der Waals surface area contributed by atoms with Crippen molar-refractivity contribution in [3.05, 3.63) is 41.7 Å². The van der Waals surface area contributed by atoms with Crippen LogP contribution < -0.4 is 10.2 Å². The lowest BCUT2D eigenvalue weighted by Gasteiger charge is -2.24. The molecular weight excluding hydrogens is 236 g/mol. The van der Waals surface area contributed by atoms with Gasteiger partial charge in [0.25, 0.3) is 0 Å². The summed E-state index contributed by atoms with van der Waals surface area (Å²) in [6.07, 6.45) is 1.06. The van der Waals surface area contributed by atoms with Crippen LogP contribution in [0.3, 0.4) is 0 Å². The zero-order chi connectivity index (χ0) is 13.4. The quantitative estimate of drug-likeness (QED) is 0.894. The van der Waals surface area contributed by atoms with E-state index in [1.54, 1.807) is 0 Å². The van der Waals surface area contributed by atoms with Gasteiger partial charge in [0.2, 0.25) is 0 Å². The van der Waals surface area contributed by atoms with E-state index >= 15 is 0 Å². The SMILES string of the molecule is CNc1cc(N2c3ccccc3CC2C)nc(C)n1. The van der Waals surface area contributed by atoms with Crippen molar-refractivity contribution in [1.29, 1.82) is 0 Å². The number of hydrogen-bond donors (Lipinski definition) is 1. The summed E-state index contributed by atoms with van der Waals surface area (Å²) < 4.78 is 0. The van der Waals surface area contributed by atoms with Crippen molar-refractivity contribution in [3.63, 3.8) is 0 Å². The second kappa shape index (κ2) is 4.53. The minimum atomic E-state index is 0.427. The van der Waals surface area contributed by atoms with Gasteiger partial charge in [0, 0.05) is 24.8 Å². The summed E-state index contributed by atoms with van der Waals surface area (Å²) in [6.45, 7) is 4.16. The Bertz CT molecular complexity index is 609. The Balaban J connectivity index is 2.09. The molecule has 2 aromatic rings. The van der Waals surface area contributed by atoms with Gasteiger partial charge in [-0.3, -0.25) is 0 Å². The van der Waals surface area contributed by atoms with Gasteiger partial charge < -0.3 is 10.2 Å². The minimum absolute atomic E-state index is 0.427. The van der Waals surface area contributed by atoms with Crippen molar-refractivity contribution in [2.75, 3.05) is 17.3 Å². The Morgan fingerprint density at radius 1 is 1.26 bits per heavy atom. The molecule has 1 aliphatic heterocycles. The molecule has 0 saturated carbocycles. The van der Waals surface area contributed by atoms with Crippen molar-refractivity contribution in [2.45, 2.75) is 26.3 Å². The first-order valence-corrected chi connectivity index (χ1v) is 6.59. The van der Waals surface area contributed by atoms with Crippen LogP contribution in [0.25, 0.3) is 0 Å². The summed E-state index contributed by atoms with van der Waals surface area (Å²) in [5.41, 5.74) is 2.65. The molecule has 1 aromatic carbocycles. The van der Waals surface area contributed by atoms with Crippen LogP contribution in [0.1, 0.15) is 18.3 Å². The molecule has 3 rings (SSSR count). The first kappa shape index (κ1) is 12.0. The van der Waals surface area contributed by atoms with E-state index in [2.05, 4.69) is 51.4 Å². The number of aromatic nitrogens is 2. The Kier molecular flexibility index (Phi) is 2.85. The Morgan fingerprint density at radius 2 is 2.05 bits per heavy atom. The number of anilines is 3. The van der Waals surface area contributed by atoms with Crippen LogP contribution in [0.15, 0.2) is 30.3 Å². The third-order valence-electron chi connectivity index (χ3n) is 3.53. The van der Waals surface area contributed by atoms with Gasteiger partial charge in [0.15, 0.2) is 0 Å². The van der Waals surface area contributed by atoms with E-state index in [9.17, 15) is 0 Å². The van der Waals surface area contributed by atoms with Crippen molar-refractivity contribution < 1.29 is 0 Å². The van der Waals surface area contributed by atoms with Gasteiger partial charge in [-0.2, -0.15) is 0 Å². The number of para-hydroxylation sites is 1. The van der Waals surface area contributed by atoms with E-state index in [0.717, 1.165) is 23.9 Å². The van der Waals surface area contributed by atoms with Gasteiger partial charge in [-0.15, -0.1) is 0 Å². The van der Waals surface area contributed by atoms with E-state index in [1.165, 1.54) is 11.3 Å². The summed E-state index contributed by atoms with van der Waals surface area (Å²) in [5, 5.41) is 3.09. The molecule has 1 aliphatic rings. The molecule has 0 aliphatic carbocycles. The maximum absolute atomic E-state index is 4.59. The highest BCUT2D eigenvalue weighted by molar-refractivity contribution is 5.70. The van der Waals surface area contributed by atoms with E-state index in [1.807, 2.05) is 20.0 Å². The summed E-state index contributed by atoms with van der Waals surface area (Å²) in [7, 11) is 1.88. The van der Waals surface area contributed by atoms with Crippen molar-refractivity contribution in [2.24, 2.45) is 0 Å². The Labute approximate surface area is 113 Å². The van der Waals surface area contributed by atoms with E-state index in [-0.39, 0.29) is 0 Å². The number of fused-ring (bicyclic) bond motifs is 1. The number of benzene rings is 1. The van der Waals surface area contributed by atoms with Gasteiger partial charge in [-0.25, -0.2) is 9.97 Å². The van der Waals surface area contributed by atoms with Crippen molar-refractivity contribution in [1.82, 2.24) is 9.97 Å². The third-order valence-corrected chi connectivity index (χ3v) is 3.53. The molecule has 0 fully saturated rings. The van der Waals surface area contributed by atoms with Crippen LogP contribution in [-0.4, -0.2) is 23.1 Å². The molecule has 0 radical (unpaired) electrons. The highest BCUT2D eigenvalue weighted by Gasteiger charge is 2.28. The summed E-state index contributed by atoms with van der Waals surface area (Å²) in [5.74, 6) is 2.62. The Morgan fingerprint density at radius 3 is 2.84 bits per heavy atom. The Hall–Kier alpha value is -2.10. The lowest BCUT2D eigenvalue weighted by molar-refractivity contribution is 0.747. The molecule has 98 valence electrons. The minimum Gasteiger partial charge on any atom is -0.373 e. The number of nitrogens with one attached hydrogen (secondary N) is 1. The molecule has 0 bridgehead atoms. The van der Waals surface area contributed by atoms with E-state index in [4.69, 9.17) is 0 Å². The van der Waals surface area contributed by atoms with E-state index in [0.29, 0.717) is 6.04 Å². The summed E-state index contributed by atoms with van der Waals surface area (Å²) >= 11 is 0. The van der Waals surface area contributed by atoms with Gasteiger partial charge in [0.05, 0.1) is 0 Å². The first-order chi connectivity index (χ1) is 9.19. The number of nitrogens with zero attached hydrogens (tertiary/aromatic N) is 3. The summed E-state index contributed by atoms with van der Waals surface area (Å²) in [4.78, 5) is 11.2. The van der Waals surface area contributed by atoms with Crippen LogP contribution in [-0.2, 0) is 6.42 Å². The summed E-state index contributed by atoms with van der Waals surface area (Å²) in [6, 6.07) is 11.0. The lowest BCUT2D eigenvalue weighted by Crippen LogP contribution is -2.25. The smallest absolute Gasteiger partial charge is 0.139 e. The van der Waals surface area contributed by atoms with Gasteiger partial charge in [0.1, 0.15) is 17.5 Å². The second-order valence-electron chi connectivity index (χ2n) is 4.96. The fraction of sp³-hybridized carbons (Fsp3) is 0.333. The van der Waals surface area contributed by atoms with Crippen molar-refractivity contribution >= 4 is 17.3 Å². The van der Waals surface area contributed by atoms with E-state index < -0.39 is 0 Å². The molecule has 1 N–H and O–H groups in total. The zero-order valence-corrected chi connectivity index (χ0v) is 11.5. The fourth-order valence-electron chi connectivity index (χ4n) is 2.72. The van der Waals surface area contributed by atoms with Crippen LogP contribution in [0.4, 0.5) is 17.3 Å².